The number of halogens is 3. The maximum absolute atomic E-state index is 13.4. The van der Waals surface area contributed by atoms with Crippen molar-refractivity contribution in [2.75, 3.05) is 11.5 Å². The van der Waals surface area contributed by atoms with Crippen LogP contribution >= 0.6 is 0 Å². The summed E-state index contributed by atoms with van der Waals surface area (Å²) in [6.45, 7) is 3.55. The molecule has 3 nitrogen and oxygen atoms in total. The van der Waals surface area contributed by atoms with Gasteiger partial charge in [-0.1, -0.05) is 35.4 Å². The van der Waals surface area contributed by atoms with Crippen molar-refractivity contribution in [2.45, 2.75) is 29.8 Å². The van der Waals surface area contributed by atoms with Crippen molar-refractivity contribution < 1.29 is 26.1 Å². The average Bonchev–Trinajstić information content (AvgIpc) is 2.54. The molecule has 26 heavy (non-hydrogen) atoms. The van der Waals surface area contributed by atoms with Gasteiger partial charge in [0.2, 0.25) is 0 Å². The van der Waals surface area contributed by atoms with E-state index in [0.717, 1.165) is 11.1 Å². The van der Waals surface area contributed by atoms with Crippen LogP contribution in [0.1, 0.15) is 11.1 Å². The summed E-state index contributed by atoms with van der Waals surface area (Å²) >= 11 is -1.95. The Hall–Kier alpha value is -1.51. The summed E-state index contributed by atoms with van der Waals surface area (Å²) in [6, 6.07) is 11.9. The molecule has 8 heteroatoms. The highest BCUT2D eigenvalue weighted by molar-refractivity contribution is 7.92. The topological polar surface area (TPSA) is 57.2 Å². The van der Waals surface area contributed by atoms with E-state index in [-0.39, 0.29) is 9.79 Å². The van der Waals surface area contributed by atoms with Crippen LogP contribution in [0.25, 0.3) is 0 Å². The molecule has 0 N–H and O–H groups in total. The first-order valence-electron chi connectivity index (χ1n) is 7.80. The van der Waals surface area contributed by atoms with Crippen molar-refractivity contribution >= 4 is 21.0 Å². The summed E-state index contributed by atoms with van der Waals surface area (Å²) in [6.07, 6.45) is -4.77. The molecule has 0 bridgehead atoms. The minimum atomic E-state index is -4.77. The van der Waals surface area contributed by atoms with Crippen LogP contribution in [0.3, 0.4) is 0 Å². The summed E-state index contributed by atoms with van der Waals surface area (Å²) in [5.41, 5.74) is 1.69. The van der Waals surface area contributed by atoms with E-state index in [1.807, 2.05) is 0 Å². The highest BCUT2D eigenvalue weighted by atomic mass is 32.2. The Morgan fingerprint density at radius 2 is 1.42 bits per heavy atom. The number of alkyl halides is 3. The molecule has 2 aromatic rings. The number of sulfone groups is 1. The summed E-state index contributed by atoms with van der Waals surface area (Å²) in [5.74, 6) is -4.13. The fourth-order valence-electron chi connectivity index (χ4n) is 2.31. The van der Waals surface area contributed by atoms with Crippen molar-refractivity contribution in [1.29, 1.82) is 0 Å². The van der Waals surface area contributed by atoms with Gasteiger partial charge in [-0.05, 0) is 49.3 Å². The van der Waals surface area contributed by atoms with Gasteiger partial charge in [0.05, 0.1) is 10.6 Å². The molecule has 0 radical (unpaired) electrons. The predicted molar refractivity (Wildman–Crippen MR) is 95.2 cm³/mol. The van der Waals surface area contributed by atoms with Gasteiger partial charge in [-0.15, -0.1) is 0 Å². The second kappa shape index (κ2) is 8.02. The first-order valence-corrected chi connectivity index (χ1v) is 10.8. The van der Waals surface area contributed by atoms with Gasteiger partial charge < -0.3 is 4.55 Å². The molecule has 2 unspecified atom stereocenters. The molecule has 0 aliphatic heterocycles. The first-order chi connectivity index (χ1) is 12.0. The number of hydrogen-bond donors (Lipinski definition) is 0. The molecule has 0 amide bonds. The summed E-state index contributed by atoms with van der Waals surface area (Å²) < 4.78 is 77.1. The van der Waals surface area contributed by atoms with Gasteiger partial charge in [0.1, 0.15) is 11.7 Å². The minimum Gasteiger partial charge on any atom is -0.611 e. The van der Waals surface area contributed by atoms with Gasteiger partial charge in [0.25, 0.3) is 0 Å². The lowest BCUT2D eigenvalue weighted by Gasteiger charge is -2.21. The Bertz CT molecular complexity index is 829. The Labute approximate surface area is 154 Å². The van der Waals surface area contributed by atoms with Gasteiger partial charge in [0, 0.05) is 0 Å². The molecular weight excluding hydrogens is 385 g/mol. The number of rotatable bonds is 6. The van der Waals surface area contributed by atoms with Gasteiger partial charge in [-0.2, -0.15) is 13.2 Å². The smallest absolute Gasteiger partial charge is 0.397 e. The second-order valence-corrected chi connectivity index (χ2v) is 9.69. The molecule has 2 aromatic carbocycles. The van der Waals surface area contributed by atoms with E-state index in [0.29, 0.717) is 0 Å². The predicted octanol–water partition coefficient (Wildman–Crippen LogP) is 4.06. The lowest BCUT2D eigenvalue weighted by atomic mass is 10.2. The largest absolute Gasteiger partial charge is 0.611 e. The monoisotopic (exact) mass is 404 g/mol. The van der Waals surface area contributed by atoms with E-state index >= 15 is 0 Å². The molecular formula is C18H19F3O3S2. The molecule has 0 aliphatic rings. The Balaban J connectivity index is 2.22. The van der Waals surface area contributed by atoms with Crippen molar-refractivity contribution in [1.82, 2.24) is 0 Å². The highest BCUT2D eigenvalue weighted by Crippen LogP contribution is 2.32. The fraction of sp³-hybridized carbons (Fsp3) is 0.333. The highest BCUT2D eigenvalue weighted by Gasteiger charge is 2.45. The van der Waals surface area contributed by atoms with Crippen LogP contribution in [0.2, 0.25) is 0 Å². The Morgan fingerprint density at radius 3 is 1.88 bits per heavy atom. The van der Waals surface area contributed by atoms with E-state index in [1.54, 1.807) is 26.0 Å². The molecule has 0 fully saturated rings. The molecule has 0 saturated carbocycles. The summed E-state index contributed by atoms with van der Waals surface area (Å²) in [4.78, 5) is 0.0797. The van der Waals surface area contributed by atoms with E-state index < -0.39 is 44.6 Å². The van der Waals surface area contributed by atoms with Crippen molar-refractivity contribution in [3.05, 3.63) is 59.7 Å². The minimum absolute atomic E-state index is 0.168. The third-order valence-corrected chi connectivity index (χ3v) is 7.23. The summed E-state index contributed by atoms with van der Waals surface area (Å²) in [5, 5.41) is 0. The normalized spacial score (nSPS) is 14.8. The number of aryl methyl sites for hydroxylation is 2. The zero-order chi connectivity index (χ0) is 19.5. The van der Waals surface area contributed by atoms with E-state index in [1.165, 1.54) is 36.4 Å². The van der Waals surface area contributed by atoms with Crippen molar-refractivity contribution in [2.24, 2.45) is 5.92 Å². The number of benzene rings is 2. The molecule has 2 atom stereocenters. The lowest BCUT2D eigenvalue weighted by molar-refractivity contribution is -0.162. The number of hydrogen-bond acceptors (Lipinski definition) is 3. The van der Waals surface area contributed by atoms with E-state index in [9.17, 15) is 26.1 Å². The van der Waals surface area contributed by atoms with Gasteiger partial charge in [0.15, 0.2) is 14.7 Å². The fourth-order valence-corrected chi connectivity index (χ4v) is 5.35. The molecule has 0 spiro atoms. The molecule has 0 aromatic heterocycles. The molecule has 0 heterocycles. The zero-order valence-corrected chi connectivity index (χ0v) is 15.9. The Kier molecular flexibility index (Phi) is 6.42. The van der Waals surface area contributed by atoms with Gasteiger partial charge in [-0.25, -0.2) is 8.42 Å². The first kappa shape index (κ1) is 20.8. The van der Waals surface area contributed by atoms with Gasteiger partial charge in [-0.3, -0.25) is 0 Å². The second-order valence-electron chi connectivity index (χ2n) is 6.16. The van der Waals surface area contributed by atoms with Crippen molar-refractivity contribution in [3.63, 3.8) is 0 Å². The van der Waals surface area contributed by atoms with Crippen LogP contribution in [-0.2, 0) is 21.0 Å². The van der Waals surface area contributed by atoms with Crippen LogP contribution in [0.4, 0.5) is 13.2 Å². The van der Waals surface area contributed by atoms with Crippen LogP contribution in [0.15, 0.2) is 58.3 Å². The lowest BCUT2D eigenvalue weighted by Crippen LogP contribution is -2.35. The van der Waals surface area contributed by atoms with E-state index in [2.05, 4.69) is 0 Å². The third-order valence-electron chi connectivity index (χ3n) is 3.90. The van der Waals surface area contributed by atoms with Crippen LogP contribution < -0.4 is 0 Å². The summed E-state index contributed by atoms with van der Waals surface area (Å²) in [7, 11) is -4.15. The maximum atomic E-state index is 13.4. The SMILES string of the molecule is Cc1ccc([S+]([O-])CC(CS(=O)(=O)c2ccc(C)cc2)C(F)(F)F)cc1. The zero-order valence-electron chi connectivity index (χ0n) is 14.3. The molecule has 142 valence electrons. The van der Waals surface area contributed by atoms with Crippen LogP contribution in [0.5, 0.6) is 0 Å². The third kappa shape index (κ3) is 5.49. The van der Waals surface area contributed by atoms with E-state index in [4.69, 9.17) is 0 Å². The average molecular weight is 404 g/mol. The van der Waals surface area contributed by atoms with Gasteiger partial charge >= 0.3 is 6.18 Å². The quantitative estimate of drug-likeness (QED) is 0.682. The molecule has 0 saturated heterocycles. The van der Waals surface area contributed by atoms with Crippen molar-refractivity contribution in [3.8, 4) is 0 Å². The maximum Gasteiger partial charge on any atom is 0.397 e. The molecule has 2 rings (SSSR count). The standard InChI is InChI=1S/C18H19F3O3S2/c1-13-3-7-16(8-4-13)25(22)11-15(18(19,20)21)12-26(23,24)17-9-5-14(2)6-10-17/h3-10,15H,11-12H2,1-2H3. The Morgan fingerprint density at radius 1 is 0.962 bits per heavy atom. The molecule has 0 aliphatic carbocycles. The van der Waals surface area contributed by atoms with Crippen LogP contribution in [-0.4, -0.2) is 30.7 Å². The van der Waals surface area contributed by atoms with Crippen LogP contribution in [0, 0.1) is 19.8 Å².